The first-order chi connectivity index (χ1) is 18.4. The number of amides is 2. The van der Waals surface area contributed by atoms with Crippen LogP contribution in [0.1, 0.15) is 30.4 Å². The molecule has 1 N–H and O–H groups in total. The highest BCUT2D eigenvalue weighted by Gasteiger charge is 2.33. The first kappa shape index (κ1) is 25.9. The summed E-state index contributed by atoms with van der Waals surface area (Å²) in [7, 11) is -3.47. The molecule has 1 atom stereocenters. The van der Waals surface area contributed by atoms with E-state index in [1.54, 1.807) is 35.2 Å². The number of ether oxygens (including phenoxy) is 1. The average Bonchev–Trinajstić information content (AvgIpc) is 3.51. The van der Waals surface area contributed by atoms with Gasteiger partial charge in [0.25, 0.3) is 5.91 Å². The molecule has 2 aliphatic heterocycles. The van der Waals surface area contributed by atoms with Gasteiger partial charge in [0.2, 0.25) is 15.9 Å². The Labute approximate surface area is 223 Å². The molecule has 0 radical (unpaired) electrons. The number of rotatable bonds is 8. The number of anilines is 1. The standard InChI is InChI=1S/C29H31N3O5S/c33-28(17-14-22-12-15-24(16-13-22)38(35,36)31-18-6-7-19-31)32-21-27(37-26-11-5-4-10-25(26)32)29(34)30-20-23-8-2-1-3-9-23/h1-5,8-13,15-16,27H,6-7,14,17-21H2,(H,30,34)/t27-/m0/s1. The van der Waals surface area contributed by atoms with Gasteiger partial charge in [0.05, 0.1) is 17.1 Å². The van der Waals surface area contributed by atoms with Gasteiger partial charge in [-0.15, -0.1) is 0 Å². The number of carbonyl (C=O) groups is 2. The Balaban J connectivity index is 1.23. The number of fused-ring (bicyclic) bond motifs is 1. The third kappa shape index (κ3) is 5.74. The minimum absolute atomic E-state index is 0.115. The fourth-order valence-electron chi connectivity index (χ4n) is 4.80. The molecule has 0 saturated carbocycles. The second kappa shape index (κ2) is 11.4. The quantitative estimate of drug-likeness (QED) is 0.478. The van der Waals surface area contributed by atoms with Gasteiger partial charge >= 0.3 is 0 Å². The van der Waals surface area contributed by atoms with Crippen molar-refractivity contribution in [1.82, 2.24) is 9.62 Å². The summed E-state index contributed by atoms with van der Waals surface area (Å²) in [4.78, 5) is 28.1. The number of nitrogens with one attached hydrogen (secondary N) is 1. The number of carbonyl (C=O) groups excluding carboxylic acids is 2. The van der Waals surface area contributed by atoms with Crippen LogP contribution in [-0.2, 0) is 32.6 Å². The summed E-state index contributed by atoms with van der Waals surface area (Å²) in [5.74, 6) is 0.0785. The van der Waals surface area contributed by atoms with Crippen molar-refractivity contribution in [3.05, 3.63) is 90.0 Å². The highest BCUT2D eigenvalue weighted by molar-refractivity contribution is 7.89. The van der Waals surface area contributed by atoms with E-state index in [9.17, 15) is 18.0 Å². The zero-order valence-corrected chi connectivity index (χ0v) is 21.9. The molecule has 9 heteroatoms. The largest absolute Gasteiger partial charge is 0.477 e. The van der Waals surface area contributed by atoms with Crippen LogP contribution in [-0.4, -0.2) is 50.3 Å². The van der Waals surface area contributed by atoms with Crippen LogP contribution in [0.5, 0.6) is 5.75 Å². The lowest BCUT2D eigenvalue weighted by molar-refractivity contribution is -0.128. The monoisotopic (exact) mass is 533 g/mol. The molecule has 2 amide bonds. The van der Waals surface area contributed by atoms with Gasteiger partial charge in [-0.05, 0) is 54.7 Å². The van der Waals surface area contributed by atoms with E-state index >= 15 is 0 Å². The SMILES string of the molecule is O=C(NCc1ccccc1)[C@@H]1CN(C(=O)CCc2ccc(S(=O)(=O)N3CCCC3)cc2)c2ccccc2O1. The van der Waals surface area contributed by atoms with E-state index in [1.165, 1.54) is 4.31 Å². The number of hydrogen-bond donors (Lipinski definition) is 1. The van der Waals surface area contributed by atoms with Crippen molar-refractivity contribution < 1.29 is 22.7 Å². The highest BCUT2D eigenvalue weighted by Crippen LogP contribution is 2.34. The van der Waals surface area contributed by atoms with Crippen LogP contribution in [0.25, 0.3) is 0 Å². The number of hydrogen-bond acceptors (Lipinski definition) is 5. The van der Waals surface area contributed by atoms with Gasteiger partial charge in [0.1, 0.15) is 5.75 Å². The molecular weight excluding hydrogens is 502 g/mol. The molecule has 198 valence electrons. The summed E-state index contributed by atoms with van der Waals surface area (Å²) >= 11 is 0. The fourth-order valence-corrected chi connectivity index (χ4v) is 6.31. The highest BCUT2D eigenvalue weighted by atomic mass is 32.2. The minimum atomic E-state index is -3.47. The lowest BCUT2D eigenvalue weighted by atomic mass is 10.1. The number of aryl methyl sites for hydroxylation is 1. The van der Waals surface area contributed by atoms with Crippen LogP contribution in [0, 0.1) is 0 Å². The number of benzene rings is 3. The normalized spacial score (nSPS) is 17.5. The van der Waals surface area contributed by atoms with Crippen molar-refractivity contribution in [3.8, 4) is 5.75 Å². The number of para-hydroxylation sites is 2. The molecule has 1 fully saturated rings. The Kier molecular flexibility index (Phi) is 7.76. The Hall–Kier alpha value is -3.69. The zero-order chi connectivity index (χ0) is 26.5. The van der Waals surface area contributed by atoms with Crippen molar-refractivity contribution in [2.75, 3.05) is 24.5 Å². The maximum atomic E-state index is 13.3. The molecule has 0 unspecified atom stereocenters. The summed E-state index contributed by atoms with van der Waals surface area (Å²) in [6.07, 6.45) is 1.62. The molecular formula is C29H31N3O5S. The first-order valence-electron chi connectivity index (χ1n) is 12.9. The molecule has 0 bridgehead atoms. The van der Waals surface area contributed by atoms with Crippen LogP contribution in [0.2, 0.25) is 0 Å². The Morgan fingerprint density at radius 2 is 1.55 bits per heavy atom. The van der Waals surface area contributed by atoms with Gasteiger partial charge in [0.15, 0.2) is 6.10 Å². The molecule has 1 saturated heterocycles. The van der Waals surface area contributed by atoms with Crippen LogP contribution >= 0.6 is 0 Å². The predicted molar refractivity (Wildman–Crippen MR) is 144 cm³/mol. The van der Waals surface area contributed by atoms with Crippen molar-refractivity contribution >= 4 is 27.5 Å². The van der Waals surface area contributed by atoms with Gasteiger partial charge in [-0.3, -0.25) is 9.59 Å². The second-order valence-corrected chi connectivity index (χ2v) is 11.5. The zero-order valence-electron chi connectivity index (χ0n) is 21.1. The van der Waals surface area contributed by atoms with Crippen molar-refractivity contribution in [2.24, 2.45) is 0 Å². The smallest absolute Gasteiger partial charge is 0.263 e. The van der Waals surface area contributed by atoms with Crippen LogP contribution in [0.15, 0.2) is 83.8 Å². The Morgan fingerprint density at radius 1 is 0.868 bits per heavy atom. The lowest BCUT2D eigenvalue weighted by Crippen LogP contribution is -2.50. The van der Waals surface area contributed by atoms with E-state index in [4.69, 9.17) is 4.74 Å². The van der Waals surface area contributed by atoms with Gasteiger partial charge in [-0.2, -0.15) is 4.31 Å². The summed E-state index contributed by atoms with van der Waals surface area (Å²) < 4.78 is 33.0. The summed E-state index contributed by atoms with van der Waals surface area (Å²) in [6, 6.07) is 23.6. The van der Waals surface area contributed by atoms with Crippen molar-refractivity contribution in [2.45, 2.75) is 43.2 Å². The van der Waals surface area contributed by atoms with Gasteiger partial charge < -0.3 is 15.0 Å². The fraction of sp³-hybridized carbons (Fsp3) is 0.310. The van der Waals surface area contributed by atoms with E-state index in [0.29, 0.717) is 37.5 Å². The maximum absolute atomic E-state index is 13.3. The molecule has 2 heterocycles. The Morgan fingerprint density at radius 3 is 2.29 bits per heavy atom. The molecule has 3 aromatic carbocycles. The first-order valence-corrected chi connectivity index (χ1v) is 14.3. The molecule has 3 aromatic rings. The molecule has 0 aliphatic carbocycles. The van der Waals surface area contributed by atoms with Crippen LogP contribution in [0.4, 0.5) is 5.69 Å². The van der Waals surface area contributed by atoms with Crippen LogP contribution < -0.4 is 15.0 Å². The van der Waals surface area contributed by atoms with E-state index < -0.39 is 16.1 Å². The third-order valence-corrected chi connectivity index (χ3v) is 8.84. The predicted octanol–water partition coefficient (Wildman–Crippen LogP) is 3.51. The molecule has 8 nitrogen and oxygen atoms in total. The van der Waals surface area contributed by atoms with E-state index in [0.717, 1.165) is 24.0 Å². The van der Waals surface area contributed by atoms with Gasteiger partial charge in [-0.1, -0.05) is 54.6 Å². The van der Waals surface area contributed by atoms with Crippen molar-refractivity contribution in [3.63, 3.8) is 0 Å². The van der Waals surface area contributed by atoms with E-state index in [2.05, 4.69) is 5.32 Å². The average molecular weight is 534 g/mol. The number of nitrogens with zero attached hydrogens (tertiary/aromatic N) is 2. The Bertz CT molecular complexity index is 1390. The van der Waals surface area contributed by atoms with E-state index in [1.807, 2.05) is 48.5 Å². The lowest BCUT2D eigenvalue weighted by Gasteiger charge is -2.34. The summed E-state index contributed by atoms with van der Waals surface area (Å²) in [5, 5.41) is 2.90. The van der Waals surface area contributed by atoms with Gasteiger partial charge in [-0.25, -0.2) is 8.42 Å². The number of sulfonamides is 1. The molecule has 0 spiro atoms. The molecule has 2 aliphatic rings. The summed E-state index contributed by atoms with van der Waals surface area (Å²) in [6.45, 7) is 1.61. The molecule has 5 rings (SSSR count). The van der Waals surface area contributed by atoms with E-state index in [-0.39, 0.29) is 29.7 Å². The van der Waals surface area contributed by atoms with Crippen LogP contribution in [0.3, 0.4) is 0 Å². The minimum Gasteiger partial charge on any atom is -0.477 e. The molecule has 0 aromatic heterocycles. The van der Waals surface area contributed by atoms with Gasteiger partial charge in [0, 0.05) is 26.1 Å². The second-order valence-electron chi connectivity index (χ2n) is 9.54. The summed E-state index contributed by atoms with van der Waals surface area (Å²) in [5.41, 5.74) is 2.48. The van der Waals surface area contributed by atoms with Crippen molar-refractivity contribution in [1.29, 1.82) is 0 Å². The third-order valence-electron chi connectivity index (χ3n) is 6.93. The topological polar surface area (TPSA) is 96.0 Å². The maximum Gasteiger partial charge on any atom is 0.263 e. The molecule has 38 heavy (non-hydrogen) atoms.